The summed E-state index contributed by atoms with van der Waals surface area (Å²) in [6.07, 6.45) is 5.78. The van der Waals surface area contributed by atoms with Gasteiger partial charge in [-0.3, -0.25) is 9.20 Å². The van der Waals surface area contributed by atoms with Crippen molar-refractivity contribution < 1.29 is 9.90 Å². The molecule has 1 aliphatic carbocycles. The SMILES string of the molecule is Cc1nnc2c(N(CCC(=O)O)C3CC3)nccn12. The molecule has 1 saturated carbocycles. The summed E-state index contributed by atoms with van der Waals surface area (Å²) in [5.74, 6) is 0.731. The van der Waals surface area contributed by atoms with Gasteiger partial charge in [-0.25, -0.2) is 4.98 Å². The predicted octanol–water partition coefficient (Wildman–Crippen LogP) is 0.876. The van der Waals surface area contributed by atoms with Crippen molar-refractivity contribution >= 4 is 17.4 Å². The van der Waals surface area contributed by atoms with Gasteiger partial charge < -0.3 is 10.0 Å². The molecule has 0 aliphatic heterocycles. The van der Waals surface area contributed by atoms with Crippen LogP contribution in [0.3, 0.4) is 0 Å². The molecule has 1 aliphatic rings. The van der Waals surface area contributed by atoms with Crippen LogP contribution < -0.4 is 4.90 Å². The Morgan fingerprint density at radius 1 is 1.53 bits per heavy atom. The van der Waals surface area contributed by atoms with Gasteiger partial charge in [0.25, 0.3) is 0 Å². The average Bonchev–Trinajstić information content (AvgIpc) is 3.15. The standard InChI is InChI=1S/C12H15N5O2/c1-8-14-15-12-11(13-5-7-16(8)12)17(9-2-3-9)6-4-10(18)19/h5,7,9H,2-4,6H2,1H3,(H,18,19). The summed E-state index contributed by atoms with van der Waals surface area (Å²) in [6.45, 7) is 2.33. The lowest BCUT2D eigenvalue weighted by molar-refractivity contribution is -0.136. The maximum Gasteiger partial charge on any atom is 0.305 e. The van der Waals surface area contributed by atoms with Crippen molar-refractivity contribution in [2.75, 3.05) is 11.4 Å². The third kappa shape index (κ3) is 2.23. The van der Waals surface area contributed by atoms with Crippen LogP contribution in [0.5, 0.6) is 0 Å². The van der Waals surface area contributed by atoms with Gasteiger partial charge in [0.05, 0.1) is 6.42 Å². The summed E-state index contributed by atoms with van der Waals surface area (Å²) < 4.78 is 1.87. The van der Waals surface area contributed by atoms with Crippen molar-refractivity contribution in [1.82, 2.24) is 19.6 Å². The lowest BCUT2D eigenvalue weighted by Gasteiger charge is -2.22. The maximum atomic E-state index is 10.8. The predicted molar refractivity (Wildman–Crippen MR) is 68.1 cm³/mol. The van der Waals surface area contributed by atoms with E-state index in [2.05, 4.69) is 15.2 Å². The molecule has 0 spiro atoms. The van der Waals surface area contributed by atoms with Crippen LogP contribution in [-0.2, 0) is 4.79 Å². The Labute approximate surface area is 109 Å². The first-order valence-corrected chi connectivity index (χ1v) is 6.31. The maximum absolute atomic E-state index is 10.8. The highest BCUT2D eigenvalue weighted by molar-refractivity contribution is 5.69. The zero-order valence-corrected chi connectivity index (χ0v) is 10.7. The van der Waals surface area contributed by atoms with Crippen molar-refractivity contribution in [2.24, 2.45) is 0 Å². The normalized spacial score (nSPS) is 14.8. The van der Waals surface area contributed by atoms with Crippen molar-refractivity contribution in [3.63, 3.8) is 0 Å². The number of fused-ring (bicyclic) bond motifs is 1. The fraction of sp³-hybridized carbons (Fsp3) is 0.500. The molecule has 0 saturated heterocycles. The number of carbonyl (C=O) groups is 1. The molecular weight excluding hydrogens is 246 g/mol. The monoisotopic (exact) mass is 261 g/mol. The largest absolute Gasteiger partial charge is 0.481 e. The van der Waals surface area contributed by atoms with E-state index in [1.807, 2.05) is 22.4 Å². The highest BCUT2D eigenvalue weighted by Crippen LogP contribution is 2.32. The Morgan fingerprint density at radius 2 is 2.32 bits per heavy atom. The van der Waals surface area contributed by atoms with Crippen molar-refractivity contribution in [2.45, 2.75) is 32.2 Å². The Hall–Kier alpha value is -2.18. The third-order valence-corrected chi connectivity index (χ3v) is 3.31. The van der Waals surface area contributed by atoms with Crippen LogP contribution in [0.4, 0.5) is 5.82 Å². The van der Waals surface area contributed by atoms with Gasteiger partial charge in [0.1, 0.15) is 5.82 Å². The number of hydrogen-bond donors (Lipinski definition) is 1. The number of rotatable bonds is 5. The quantitative estimate of drug-likeness (QED) is 0.860. The number of hydrogen-bond acceptors (Lipinski definition) is 5. The second-order valence-electron chi connectivity index (χ2n) is 4.76. The van der Waals surface area contributed by atoms with E-state index in [1.165, 1.54) is 0 Å². The zero-order chi connectivity index (χ0) is 13.4. The molecule has 0 radical (unpaired) electrons. The molecule has 3 rings (SSSR count). The highest BCUT2D eigenvalue weighted by atomic mass is 16.4. The number of aliphatic carboxylic acids is 1. The van der Waals surface area contributed by atoms with Crippen LogP contribution in [-0.4, -0.2) is 43.2 Å². The number of carboxylic acids is 1. The molecule has 0 amide bonds. The molecule has 0 aromatic carbocycles. The smallest absolute Gasteiger partial charge is 0.305 e. The lowest BCUT2D eigenvalue weighted by Crippen LogP contribution is -2.29. The second-order valence-corrected chi connectivity index (χ2v) is 4.76. The molecule has 2 aromatic rings. The molecule has 0 atom stereocenters. The Morgan fingerprint density at radius 3 is 3.00 bits per heavy atom. The van der Waals surface area contributed by atoms with Gasteiger partial charge in [-0.1, -0.05) is 0 Å². The minimum atomic E-state index is -0.796. The Balaban J connectivity index is 1.97. The zero-order valence-electron chi connectivity index (χ0n) is 10.7. The molecule has 19 heavy (non-hydrogen) atoms. The molecule has 100 valence electrons. The van der Waals surface area contributed by atoms with Gasteiger partial charge >= 0.3 is 5.97 Å². The minimum absolute atomic E-state index is 0.104. The molecule has 0 bridgehead atoms. The second kappa shape index (κ2) is 4.49. The summed E-state index contributed by atoms with van der Waals surface area (Å²) in [6, 6.07) is 0.384. The van der Waals surface area contributed by atoms with Crippen LogP contribution in [0.2, 0.25) is 0 Å². The van der Waals surface area contributed by atoms with Gasteiger partial charge in [-0.05, 0) is 19.8 Å². The number of aryl methyl sites for hydroxylation is 1. The van der Waals surface area contributed by atoms with Crippen LogP contribution >= 0.6 is 0 Å². The number of carboxylic acid groups (broad SMARTS) is 1. The first kappa shape index (κ1) is 11.9. The van der Waals surface area contributed by atoms with Gasteiger partial charge in [-0.2, -0.15) is 0 Å². The molecule has 1 fully saturated rings. The summed E-state index contributed by atoms with van der Waals surface area (Å²) in [4.78, 5) is 17.2. The summed E-state index contributed by atoms with van der Waals surface area (Å²) in [5.41, 5.74) is 0.692. The van der Waals surface area contributed by atoms with Crippen LogP contribution in [0.25, 0.3) is 5.65 Å². The molecule has 2 aromatic heterocycles. The van der Waals surface area contributed by atoms with Crippen LogP contribution in [0.15, 0.2) is 12.4 Å². The highest BCUT2D eigenvalue weighted by Gasteiger charge is 2.31. The molecule has 1 N–H and O–H groups in total. The minimum Gasteiger partial charge on any atom is -0.481 e. The van der Waals surface area contributed by atoms with E-state index < -0.39 is 5.97 Å². The Bertz CT molecular complexity index is 620. The molecule has 7 heteroatoms. The summed E-state index contributed by atoms with van der Waals surface area (Å²) in [7, 11) is 0. The van der Waals surface area contributed by atoms with Gasteiger partial charge in [-0.15, -0.1) is 10.2 Å². The molecule has 0 unspecified atom stereocenters. The van der Waals surface area contributed by atoms with E-state index in [0.29, 0.717) is 18.2 Å². The van der Waals surface area contributed by atoms with E-state index in [1.54, 1.807) is 6.20 Å². The van der Waals surface area contributed by atoms with E-state index in [0.717, 1.165) is 24.5 Å². The topological polar surface area (TPSA) is 83.6 Å². The fourth-order valence-electron chi connectivity index (χ4n) is 2.19. The molecular formula is C12H15N5O2. The van der Waals surface area contributed by atoms with E-state index >= 15 is 0 Å². The van der Waals surface area contributed by atoms with Gasteiger partial charge in [0.2, 0.25) is 5.65 Å². The fourth-order valence-corrected chi connectivity index (χ4v) is 2.19. The van der Waals surface area contributed by atoms with E-state index in [4.69, 9.17) is 5.11 Å². The van der Waals surface area contributed by atoms with Gasteiger partial charge in [0.15, 0.2) is 5.82 Å². The third-order valence-electron chi connectivity index (χ3n) is 3.31. The lowest BCUT2D eigenvalue weighted by atomic mass is 10.3. The van der Waals surface area contributed by atoms with Crippen LogP contribution in [0, 0.1) is 6.92 Å². The Kier molecular flexibility index (Phi) is 2.81. The van der Waals surface area contributed by atoms with Crippen molar-refractivity contribution in [3.8, 4) is 0 Å². The summed E-state index contributed by atoms with van der Waals surface area (Å²) in [5, 5.41) is 17.0. The van der Waals surface area contributed by atoms with Crippen molar-refractivity contribution in [3.05, 3.63) is 18.2 Å². The number of aromatic nitrogens is 4. The first-order valence-electron chi connectivity index (χ1n) is 6.31. The van der Waals surface area contributed by atoms with Crippen LogP contribution in [0.1, 0.15) is 25.1 Å². The number of nitrogens with zero attached hydrogens (tertiary/aromatic N) is 5. The summed E-state index contributed by atoms with van der Waals surface area (Å²) >= 11 is 0. The van der Waals surface area contributed by atoms with E-state index in [-0.39, 0.29) is 6.42 Å². The number of anilines is 1. The first-order chi connectivity index (χ1) is 9.16. The average molecular weight is 261 g/mol. The van der Waals surface area contributed by atoms with Gasteiger partial charge in [0, 0.05) is 25.0 Å². The molecule has 7 nitrogen and oxygen atoms in total. The molecule has 2 heterocycles. The van der Waals surface area contributed by atoms with E-state index in [9.17, 15) is 4.79 Å². The van der Waals surface area contributed by atoms with Crippen molar-refractivity contribution in [1.29, 1.82) is 0 Å².